The van der Waals surface area contributed by atoms with Crippen molar-refractivity contribution < 1.29 is 17.9 Å². The molecule has 0 atom stereocenters. The second kappa shape index (κ2) is 6.13. The van der Waals surface area contributed by atoms with Gasteiger partial charge in [0.25, 0.3) is 10.0 Å². The number of rotatable bonds is 5. The maximum Gasteiger partial charge on any atom is 0.257 e. The zero-order valence-corrected chi connectivity index (χ0v) is 11.1. The summed E-state index contributed by atoms with van der Waals surface area (Å²) >= 11 is 0. The molecule has 2 rings (SSSR count). The third-order valence-electron chi connectivity index (χ3n) is 2.76. The SMILES string of the molecule is O=C(CCNS(=O)(=O)c1ccn[nH]1)N1CCOCC1. The monoisotopic (exact) mass is 288 g/mol. The molecule has 9 heteroatoms. The van der Waals surface area contributed by atoms with E-state index in [9.17, 15) is 13.2 Å². The highest BCUT2D eigenvalue weighted by Gasteiger charge is 2.19. The predicted octanol–water partition coefficient (Wildman–Crippen LogP) is -1.06. The molecule has 1 aliphatic heterocycles. The average molecular weight is 288 g/mol. The molecule has 1 saturated heterocycles. The fourth-order valence-electron chi connectivity index (χ4n) is 1.73. The van der Waals surface area contributed by atoms with E-state index < -0.39 is 10.0 Å². The minimum absolute atomic E-state index is 0.00804. The molecule has 0 radical (unpaired) electrons. The normalized spacial score (nSPS) is 16.5. The zero-order valence-electron chi connectivity index (χ0n) is 10.3. The van der Waals surface area contributed by atoms with Crippen LogP contribution in [0.4, 0.5) is 0 Å². The highest BCUT2D eigenvalue weighted by molar-refractivity contribution is 7.89. The van der Waals surface area contributed by atoms with E-state index in [2.05, 4.69) is 14.9 Å². The molecule has 1 aromatic rings. The Kier molecular flexibility index (Phi) is 4.51. The molecule has 2 heterocycles. The number of hydrogen-bond acceptors (Lipinski definition) is 5. The molecule has 1 aromatic heterocycles. The maximum absolute atomic E-state index is 11.8. The molecule has 0 aliphatic carbocycles. The fourth-order valence-corrected chi connectivity index (χ4v) is 2.67. The predicted molar refractivity (Wildman–Crippen MR) is 65.8 cm³/mol. The standard InChI is InChI=1S/C10H16N4O4S/c15-10(14-5-7-18-8-6-14)2-4-12-19(16,17)9-1-3-11-13-9/h1,3,12H,2,4-8H2,(H,11,13). The highest BCUT2D eigenvalue weighted by Crippen LogP contribution is 2.03. The Bertz CT molecular complexity index is 508. The molecule has 19 heavy (non-hydrogen) atoms. The lowest BCUT2D eigenvalue weighted by atomic mass is 10.3. The maximum atomic E-state index is 11.8. The largest absolute Gasteiger partial charge is 0.378 e. The Morgan fingerprint density at radius 3 is 2.84 bits per heavy atom. The van der Waals surface area contributed by atoms with Crippen LogP contribution in [0.1, 0.15) is 6.42 Å². The number of nitrogens with zero attached hydrogens (tertiary/aromatic N) is 2. The first kappa shape index (κ1) is 14.0. The Morgan fingerprint density at radius 2 is 2.21 bits per heavy atom. The van der Waals surface area contributed by atoms with E-state index in [4.69, 9.17) is 4.74 Å². The van der Waals surface area contributed by atoms with Crippen molar-refractivity contribution in [1.82, 2.24) is 19.8 Å². The number of sulfonamides is 1. The third kappa shape index (κ3) is 3.75. The lowest BCUT2D eigenvalue weighted by Crippen LogP contribution is -2.42. The number of ether oxygens (including phenoxy) is 1. The minimum atomic E-state index is -3.61. The molecule has 1 aliphatic rings. The van der Waals surface area contributed by atoms with Gasteiger partial charge >= 0.3 is 0 Å². The summed E-state index contributed by atoms with van der Waals surface area (Å²) in [6.07, 6.45) is 1.49. The van der Waals surface area contributed by atoms with E-state index >= 15 is 0 Å². The summed E-state index contributed by atoms with van der Waals surface area (Å²) in [5.74, 6) is -0.0735. The number of aromatic nitrogens is 2. The molecular weight excluding hydrogens is 272 g/mol. The van der Waals surface area contributed by atoms with E-state index in [-0.39, 0.29) is 23.9 Å². The van der Waals surface area contributed by atoms with Crippen molar-refractivity contribution in [3.05, 3.63) is 12.3 Å². The van der Waals surface area contributed by atoms with E-state index in [1.165, 1.54) is 12.3 Å². The van der Waals surface area contributed by atoms with Crippen LogP contribution in [0.15, 0.2) is 17.3 Å². The van der Waals surface area contributed by atoms with E-state index in [1.54, 1.807) is 4.90 Å². The zero-order chi connectivity index (χ0) is 13.7. The molecule has 0 saturated carbocycles. The van der Waals surface area contributed by atoms with Crippen LogP contribution in [0, 0.1) is 0 Å². The molecule has 0 unspecified atom stereocenters. The van der Waals surface area contributed by atoms with Crippen LogP contribution in [0.25, 0.3) is 0 Å². The summed E-state index contributed by atoms with van der Waals surface area (Å²) in [7, 11) is -3.61. The van der Waals surface area contributed by atoms with Crippen molar-refractivity contribution in [2.24, 2.45) is 0 Å². The molecular formula is C10H16N4O4S. The van der Waals surface area contributed by atoms with E-state index in [0.29, 0.717) is 26.3 Å². The van der Waals surface area contributed by atoms with Crippen molar-refractivity contribution in [3.8, 4) is 0 Å². The molecule has 0 spiro atoms. The van der Waals surface area contributed by atoms with Crippen LogP contribution in [-0.2, 0) is 19.6 Å². The van der Waals surface area contributed by atoms with Gasteiger partial charge in [-0.1, -0.05) is 0 Å². The van der Waals surface area contributed by atoms with Gasteiger partial charge in [-0.05, 0) is 6.07 Å². The van der Waals surface area contributed by atoms with Crippen molar-refractivity contribution >= 4 is 15.9 Å². The smallest absolute Gasteiger partial charge is 0.257 e. The van der Waals surface area contributed by atoms with Gasteiger partial charge in [-0.25, -0.2) is 13.1 Å². The van der Waals surface area contributed by atoms with Gasteiger partial charge in [0.2, 0.25) is 5.91 Å². The molecule has 0 aromatic carbocycles. The van der Waals surface area contributed by atoms with Gasteiger partial charge in [-0.2, -0.15) is 5.10 Å². The summed E-state index contributed by atoms with van der Waals surface area (Å²) < 4.78 is 30.9. The third-order valence-corrected chi connectivity index (χ3v) is 4.15. The van der Waals surface area contributed by atoms with Gasteiger partial charge in [-0.3, -0.25) is 9.89 Å². The Labute approximate surface area is 111 Å². The lowest BCUT2D eigenvalue weighted by Gasteiger charge is -2.26. The number of aromatic amines is 1. The lowest BCUT2D eigenvalue weighted by molar-refractivity contribution is -0.135. The van der Waals surface area contributed by atoms with Crippen LogP contribution in [0.2, 0.25) is 0 Å². The Morgan fingerprint density at radius 1 is 1.47 bits per heavy atom. The quantitative estimate of drug-likeness (QED) is 0.718. The molecule has 8 nitrogen and oxygen atoms in total. The second-order valence-electron chi connectivity index (χ2n) is 4.06. The van der Waals surface area contributed by atoms with Crippen molar-refractivity contribution in [1.29, 1.82) is 0 Å². The first-order valence-electron chi connectivity index (χ1n) is 5.94. The first-order chi connectivity index (χ1) is 9.09. The summed E-state index contributed by atoms with van der Waals surface area (Å²) in [5.41, 5.74) is 0. The number of amides is 1. The Balaban J connectivity index is 1.78. The minimum Gasteiger partial charge on any atom is -0.378 e. The molecule has 1 amide bonds. The van der Waals surface area contributed by atoms with Crippen molar-refractivity contribution in [2.45, 2.75) is 11.4 Å². The van der Waals surface area contributed by atoms with Gasteiger partial charge in [-0.15, -0.1) is 0 Å². The van der Waals surface area contributed by atoms with Gasteiger partial charge in [0.15, 0.2) is 5.03 Å². The van der Waals surface area contributed by atoms with E-state index in [1.807, 2.05) is 0 Å². The Hall–Kier alpha value is -1.45. The van der Waals surface area contributed by atoms with Gasteiger partial charge in [0, 0.05) is 26.1 Å². The summed E-state index contributed by atoms with van der Waals surface area (Å²) in [4.78, 5) is 13.5. The first-order valence-corrected chi connectivity index (χ1v) is 7.42. The van der Waals surface area contributed by atoms with Crippen LogP contribution in [0.3, 0.4) is 0 Å². The van der Waals surface area contributed by atoms with Gasteiger partial charge in [0.05, 0.1) is 19.4 Å². The van der Waals surface area contributed by atoms with Crippen LogP contribution in [0.5, 0.6) is 0 Å². The number of carbonyl (C=O) groups is 1. The molecule has 2 N–H and O–H groups in total. The van der Waals surface area contributed by atoms with Crippen molar-refractivity contribution in [2.75, 3.05) is 32.8 Å². The number of morpholine rings is 1. The molecule has 1 fully saturated rings. The van der Waals surface area contributed by atoms with Crippen LogP contribution >= 0.6 is 0 Å². The van der Waals surface area contributed by atoms with Gasteiger partial charge < -0.3 is 9.64 Å². The van der Waals surface area contributed by atoms with Gasteiger partial charge in [0.1, 0.15) is 0 Å². The number of nitrogens with one attached hydrogen (secondary N) is 2. The second-order valence-corrected chi connectivity index (χ2v) is 5.80. The van der Waals surface area contributed by atoms with Crippen LogP contribution in [-0.4, -0.2) is 62.3 Å². The molecule has 0 bridgehead atoms. The highest BCUT2D eigenvalue weighted by atomic mass is 32.2. The summed E-state index contributed by atoms with van der Waals surface area (Å²) in [6, 6.07) is 1.35. The topological polar surface area (TPSA) is 104 Å². The summed E-state index contributed by atoms with van der Waals surface area (Å²) in [6.45, 7) is 2.26. The summed E-state index contributed by atoms with van der Waals surface area (Å²) in [5, 5.41) is 5.93. The number of H-pyrrole nitrogens is 1. The molecule has 106 valence electrons. The number of hydrogen-bond donors (Lipinski definition) is 2. The van der Waals surface area contributed by atoms with Crippen LogP contribution < -0.4 is 4.72 Å². The van der Waals surface area contributed by atoms with E-state index in [0.717, 1.165) is 0 Å². The fraction of sp³-hybridized carbons (Fsp3) is 0.600. The van der Waals surface area contributed by atoms with Crippen molar-refractivity contribution in [3.63, 3.8) is 0 Å². The average Bonchev–Trinajstić information content (AvgIpc) is 2.94. The number of carbonyl (C=O) groups excluding carboxylic acids is 1.